The molecule has 0 atom stereocenters. The first-order valence-electron chi connectivity index (χ1n) is 3.86. The van der Waals surface area contributed by atoms with Crippen LogP contribution < -0.4 is 0 Å². The molecule has 0 saturated carbocycles. The number of benzene rings is 1. The molecule has 0 aliphatic carbocycles. The van der Waals surface area contributed by atoms with Crippen molar-refractivity contribution in [2.45, 2.75) is 14.1 Å². The monoisotopic (exact) mass is 267 g/mol. The van der Waals surface area contributed by atoms with E-state index in [2.05, 4.69) is 27.9 Å². The summed E-state index contributed by atoms with van der Waals surface area (Å²) in [6, 6.07) is 10.1. The van der Waals surface area contributed by atoms with Crippen LogP contribution in [0.15, 0.2) is 24.3 Å². The summed E-state index contributed by atoms with van der Waals surface area (Å²) in [5.41, 5.74) is 2.15. The maximum absolute atomic E-state index is 8.57. The van der Waals surface area contributed by atoms with Crippen molar-refractivity contribution in [1.82, 2.24) is 0 Å². The third-order valence-corrected chi connectivity index (χ3v) is 4.43. The van der Waals surface area contributed by atoms with Crippen LogP contribution in [0.4, 0.5) is 0 Å². The number of hydrogen-bond donors (Lipinski definition) is 0. The van der Waals surface area contributed by atoms with E-state index >= 15 is 0 Å². The zero-order valence-electron chi connectivity index (χ0n) is 7.41. The normalized spacial score (nSPS) is 9.83. The molecule has 0 aliphatic rings. The molecular formula is C10H12NSb. The van der Waals surface area contributed by atoms with Gasteiger partial charge in [-0.25, -0.2) is 0 Å². The van der Waals surface area contributed by atoms with Crippen molar-refractivity contribution in [3.05, 3.63) is 35.4 Å². The average molecular weight is 268 g/mol. The minimum atomic E-state index is -0.883. The molecule has 0 radical (unpaired) electrons. The van der Waals surface area contributed by atoms with E-state index in [1.165, 1.54) is 9.93 Å². The Hall–Kier alpha value is -0.472. The van der Waals surface area contributed by atoms with Crippen molar-refractivity contribution in [3.8, 4) is 6.07 Å². The van der Waals surface area contributed by atoms with E-state index in [-0.39, 0.29) is 0 Å². The zero-order chi connectivity index (χ0) is 8.97. The van der Waals surface area contributed by atoms with Gasteiger partial charge in [0.2, 0.25) is 0 Å². The molecule has 1 aromatic rings. The second-order valence-electron chi connectivity index (χ2n) is 3.05. The van der Waals surface area contributed by atoms with Gasteiger partial charge in [0.15, 0.2) is 0 Å². The first-order chi connectivity index (χ1) is 5.72. The Labute approximate surface area is 81.0 Å². The Bertz CT molecular complexity index is 282. The predicted molar refractivity (Wildman–Crippen MR) is 52.3 cm³/mol. The summed E-state index contributed by atoms with van der Waals surface area (Å²) in [5.74, 6) is 0. The second kappa shape index (κ2) is 4.53. The quantitative estimate of drug-likeness (QED) is 0.755. The van der Waals surface area contributed by atoms with Crippen molar-refractivity contribution in [3.63, 3.8) is 0 Å². The number of hydrogen-bond acceptors (Lipinski definition) is 1. The van der Waals surface area contributed by atoms with Crippen LogP contribution in [0.3, 0.4) is 0 Å². The Morgan fingerprint density at radius 1 is 1.25 bits per heavy atom. The fourth-order valence-corrected chi connectivity index (χ4v) is 3.74. The van der Waals surface area contributed by atoms with Gasteiger partial charge in [-0.05, 0) is 0 Å². The first-order valence-corrected chi connectivity index (χ1v) is 10.8. The molecule has 1 aromatic carbocycles. The van der Waals surface area contributed by atoms with Gasteiger partial charge in [-0.2, -0.15) is 0 Å². The van der Waals surface area contributed by atoms with Crippen LogP contribution in [-0.2, 0) is 4.37 Å². The summed E-state index contributed by atoms with van der Waals surface area (Å²) in [6.07, 6.45) is 0. The molecule has 0 heterocycles. The van der Waals surface area contributed by atoms with Crippen molar-refractivity contribution in [2.24, 2.45) is 0 Å². The molecule has 0 spiro atoms. The van der Waals surface area contributed by atoms with Crippen LogP contribution in [0.25, 0.3) is 0 Å². The summed E-state index contributed by atoms with van der Waals surface area (Å²) in [4.78, 5) is 4.75. The Morgan fingerprint density at radius 3 is 2.25 bits per heavy atom. The van der Waals surface area contributed by atoms with Gasteiger partial charge in [0.05, 0.1) is 0 Å². The van der Waals surface area contributed by atoms with E-state index in [1.807, 2.05) is 12.1 Å². The molecule has 12 heavy (non-hydrogen) atoms. The van der Waals surface area contributed by atoms with E-state index in [1.54, 1.807) is 0 Å². The van der Waals surface area contributed by atoms with Crippen LogP contribution in [0.1, 0.15) is 11.1 Å². The maximum atomic E-state index is 8.57. The molecule has 2 heteroatoms. The van der Waals surface area contributed by atoms with Gasteiger partial charge in [-0.1, -0.05) is 0 Å². The molecule has 1 rings (SSSR count). The number of rotatable bonds is 2. The van der Waals surface area contributed by atoms with Crippen molar-refractivity contribution < 1.29 is 0 Å². The topological polar surface area (TPSA) is 23.8 Å². The number of nitrogens with zero attached hydrogens (tertiary/aromatic N) is 1. The summed E-state index contributed by atoms with van der Waals surface area (Å²) >= 11 is -0.883. The summed E-state index contributed by atoms with van der Waals surface area (Å²) in [7, 11) is 0. The molecule has 0 fully saturated rings. The van der Waals surface area contributed by atoms with Gasteiger partial charge in [0.1, 0.15) is 0 Å². The van der Waals surface area contributed by atoms with Crippen molar-refractivity contribution in [1.29, 1.82) is 5.26 Å². The molecule has 0 unspecified atom stereocenters. The van der Waals surface area contributed by atoms with Crippen molar-refractivity contribution >= 4 is 20.2 Å². The van der Waals surface area contributed by atoms with Gasteiger partial charge in [0.25, 0.3) is 0 Å². The third-order valence-electron chi connectivity index (χ3n) is 1.58. The SMILES string of the molecule is [CH3][Sb]([CH3])[CH2]c1ccc(C#N)cc1. The Kier molecular flexibility index (Phi) is 3.63. The van der Waals surface area contributed by atoms with Crippen LogP contribution >= 0.6 is 0 Å². The fourth-order valence-electron chi connectivity index (χ4n) is 1.05. The van der Waals surface area contributed by atoms with E-state index in [4.69, 9.17) is 5.26 Å². The van der Waals surface area contributed by atoms with Crippen molar-refractivity contribution in [2.75, 3.05) is 0 Å². The van der Waals surface area contributed by atoms with Gasteiger partial charge < -0.3 is 0 Å². The summed E-state index contributed by atoms with van der Waals surface area (Å²) in [6.45, 7) is 0. The molecule has 0 N–H and O–H groups in total. The van der Waals surface area contributed by atoms with E-state index in [0.717, 1.165) is 5.56 Å². The molecule has 62 valence electrons. The molecule has 0 amide bonds. The molecule has 0 aliphatic heterocycles. The summed E-state index contributed by atoms with van der Waals surface area (Å²) < 4.78 is 1.27. The average Bonchev–Trinajstić information content (AvgIpc) is 2.05. The fraction of sp³-hybridized carbons (Fsp3) is 0.300. The van der Waals surface area contributed by atoms with E-state index in [9.17, 15) is 0 Å². The van der Waals surface area contributed by atoms with Gasteiger partial charge >= 0.3 is 81.0 Å². The molecule has 0 bridgehead atoms. The molecule has 1 nitrogen and oxygen atoms in total. The minimum absolute atomic E-state index is 0.759. The van der Waals surface area contributed by atoms with Crippen LogP contribution in [0, 0.1) is 11.3 Å². The van der Waals surface area contributed by atoms with E-state index < -0.39 is 20.2 Å². The third kappa shape index (κ3) is 2.87. The molecule has 0 saturated heterocycles. The zero-order valence-corrected chi connectivity index (χ0v) is 9.96. The van der Waals surface area contributed by atoms with Crippen LogP contribution in [0.5, 0.6) is 0 Å². The van der Waals surface area contributed by atoms with Crippen LogP contribution in [0.2, 0.25) is 9.74 Å². The first kappa shape index (κ1) is 9.61. The predicted octanol–water partition coefficient (Wildman–Crippen LogP) is 2.39. The van der Waals surface area contributed by atoms with E-state index in [0.29, 0.717) is 0 Å². The van der Waals surface area contributed by atoms with Gasteiger partial charge in [-0.3, -0.25) is 0 Å². The molecular weight excluding hydrogens is 256 g/mol. The number of nitriles is 1. The second-order valence-corrected chi connectivity index (χ2v) is 10.1. The standard InChI is InChI=1S/C8H6N.2CH3.Sb/c1-7-2-4-8(6-9)5-3-7;;;/h2-5H,1H2;2*1H3;. The molecule has 0 aromatic heterocycles. The van der Waals surface area contributed by atoms with Gasteiger partial charge in [0, 0.05) is 0 Å². The van der Waals surface area contributed by atoms with Crippen LogP contribution in [-0.4, -0.2) is 20.2 Å². The van der Waals surface area contributed by atoms with Gasteiger partial charge in [-0.15, -0.1) is 0 Å². The Morgan fingerprint density at radius 2 is 1.83 bits per heavy atom. The summed E-state index contributed by atoms with van der Waals surface area (Å²) in [5, 5.41) is 8.57. The Balaban J connectivity index is 2.73.